The third kappa shape index (κ3) is 4.76. The molecule has 1 aliphatic heterocycles. The van der Waals surface area contributed by atoms with Crippen LogP contribution in [0, 0.1) is 6.92 Å². The van der Waals surface area contributed by atoms with Gasteiger partial charge in [-0.3, -0.25) is 0 Å². The molecule has 7 heteroatoms. The molecule has 5 atom stereocenters. The highest BCUT2D eigenvalue weighted by Crippen LogP contribution is 2.46. The average Bonchev–Trinajstić information content (AvgIpc) is 2.75. The molecule has 1 aliphatic rings. The van der Waals surface area contributed by atoms with E-state index in [2.05, 4.69) is 0 Å². The number of ether oxygens (including phenoxy) is 2. The first-order valence-electron chi connectivity index (χ1n) is 10.1. The Balaban J connectivity index is 1.93. The molecule has 1 fully saturated rings. The Morgan fingerprint density at radius 3 is 2.30 bits per heavy atom. The Bertz CT molecular complexity index is 838. The number of aliphatic hydroxyl groups is 4. The van der Waals surface area contributed by atoms with Gasteiger partial charge in [-0.1, -0.05) is 18.2 Å². The van der Waals surface area contributed by atoms with Crippen LogP contribution in [0.5, 0.6) is 11.5 Å². The summed E-state index contributed by atoms with van der Waals surface area (Å²) in [4.78, 5) is 0. The Hall–Kier alpha value is -1.77. The van der Waals surface area contributed by atoms with Gasteiger partial charge in [0.25, 0.3) is 0 Å². The topological polar surface area (TPSA) is 99.4 Å². The lowest BCUT2D eigenvalue weighted by Crippen LogP contribution is -2.51. The number of aliphatic hydroxyl groups excluding tert-OH is 4. The molecular weight excluding hydrogens is 404 g/mol. The van der Waals surface area contributed by atoms with E-state index in [1.165, 1.54) is 11.8 Å². The van der Waals surface area contributed by atoms with Crippen LogP contribution in [0.15, 0.2) is 36.4 Å². The van der Waals surface area contributed by atoms with E-state index in [1.54, 1.807) is 7.11 Å². The fourth-order valence-electron chi connectivity index (χ4n) is 3.78. The van der Waals surface area contributed by atoms with E-state index in [4.69, 9.17) is 9.47 Å². The van der Waals surface area contributed by atoms with Gasteiger partial charge in [0.05, 0.1) is 43.0 Å². The van der Waals surface area contributed by atoms with E-state index < -0.39 is 28.8 Å². The molecule has 6 nitrogen and oxygen atoms in total. The predicted octanol–water partition coefficient (Wildman–Crippen LogP) is 2.22. The smallest absolute Gasteiger partial charge is 0.123 e. The molecule has 2 unspecified atom stereocenters. The maximum absolute atomic E-state index is 10.6. The maximum Gasteiger partial charge on any atom is 0.123 e. The first-order chi connectivity index (χ1) is 14.4. The average molecular weight is 435 g/mol. The van der Waals surface area contributed by atoms with E-state index >= 15 is 0 Å². The summed E-state index contributed by atoms with van der Waals surface area (Å²) in [7, 11) is 1.57. The number of hydrogen-bond acceptors (Lipinski definition) is 7. The Kier molecular flexibility index (Phi) is 7.65. The number of aryl methyl sites for hydroxylation is 1. The molecular formula is C23H30O6S. The third-order valence-electron chi connectivity index (χ3n) is 5.52. The number of benzene rings is 2. The summed E-state index contributed by atoms with van der Waals surface area (Å²) in [5, 5.41) is 39.5. The van der Waals surface area contributed by atoms with Gasteiger partial charge in [-0.2, -0.15) is 0 Å². The van der Waals surface area contributed by atoms with Gasteiger partial charge in [0.15, 0.2) is 0 Å². The molecule has 0 spiro atoms. The van der Waals surface area contributed by atoms with E-state index in [0.717, 1.165) is 28.0 Å². The second kappa shape index (κ2) is 10.0. The molecule has 0 amide bonds. The van der Waals surface area contributed by atoms with Crippen molar-refractivity contribution in [3.63, 3.8) is 0 Å². The van der Waals surface area contributed by atoms with Crippen molar-refractivity contribution in [1.29, 1.82) is 0 Å². The van der Waals surface area contributed by atoms with Crippen molar-refractivity contribution in [1.82, 2.24) is 0 Å². The lowest BCUT2D eigenvalue weighted by molar-refractivity contribution is -0.0701. The summed E-state index contributed by atoms with van der Waals surface area (Å²) in [5.74, 6) is 1.44. The molecule has 1 heterocycles. The van der Waals surface area contributed by atoms with Crippen molar-refractivity contribution in [3.8, 4) is 11.5 Å². The van der Waals surface area contributed by atoms with Crippen molar-refractivity contribution in [2.45, 2.75) is 49.1 Å². The zero-order valence-electron chi connectivity index (χ0n) is 17.5. The zero-order valence-corrected chi connectivity index (χ0v) is 18.3. The van der Waals surface area contributed by atoms with Crippen molar-refractivity contribution in [2.24, 2.45) is 0 Å². The summed E-state index contributed by atoms with van der Waals surface area (Å²) < 4.78 is 11.1. The number of thioether (sulfide) groups is 1. The Morgan fingerprint density at radius 2 is 1.70 bits per heavy atom. The van der Waals surface area contributed by atoms with E-state index in [1.807, 2.05) is 50.2 Å². The summed E-state index contributed by atoms with van der Waals surface area (Å²) in [6.45, 7) is 4.29. The van der Waals surface area contributed by atoms with Gasteiger partial charge in [0, 0.05) is 5.56 Å². The zero-order chi connectivity index (χ0) is 21.8. The minimum Gasteiger partial charge on any atom is -0.496 e. The predicted molar refractivity (Wildman–Crippen MR) is 117 cm³/mol. The Labute approximate surface area is 181 Å². The van der Waals surface area contributed by atoms with E-state index in [0.29, 0.717) is 18.8 Å². The summed E-state index contributed by atoms with van der Waals surface area (Å²) >= 11 is 1.26. The van der Waals surface area contributed by atoms with Gasteiger partial charge in [0.2, 0.25) is 0 Å². The van der Waals surface area contributed by atoms with Crippen LogP contribution < -0.4 is 9.47 Å². The van der Waals surface area contributed by atoms with Gasteiger partial charge < -0.3 is 29.9 Å². The molecule has 0 radical (unpaired) electrons. The van der Waals surface area contributed by atoms with Crippen molar-refractivity contribution >= 4 is 11.8 Å². The van der Waals surface area contributed by atoms with Crippen LogP contribution in [0.4, 0.5) is 0 Å². The minimum atomic E-state index is -1.34. The number of methoxy groups -OCH3 is 1. The third-order valence-corrected chi connectivity index (χ3v) is 7.12. The van der Waals surface area contributed by atoms with Crippen molar-refractivity contribution in [3.05, 3.63) is 58.7 Å². The van der Waals surface area contributed by atoms with Crippen LogP contribution in [0.2, 0.25) is 0 Å². The molecule has 2 aromatic carbocycles. The van der Waals surface area contributed by atoms with Crippen LogP contribution in [0.3, 0.4) is 0 Å². The number of hydrogen-bond donors (Lipinski definition) is 4. The molecule has 4 N–H and O–H groups in total. The molecule has 164 valence electrons. The maximum atomic E-state index is 10.6. The van der Waals surface area contributed by atoms with Crippen molar-refractivity contribution < 1.29 is 29.9 Å². The van der Waals surface area contributed by atoms with Gasteiger partial charge >= 0.3 is 0 Å². The Morgan fingerprint density at radius 1 is 1.00 bits per heavy atom. The molecule has 3 rings (SSSR count). The van der Waals surface area contributed by atoms with Crippen molar-refractivity contribution in [2.75, 3.05) is 20.3 Å². The van der Waals surface area contributed by atoms with Crippen LogP contribution in [-0.4, -0.2) is 64.3 Å². The lowest BCUT2D eigenvalue weighted by atomic mass is 9.92. The highest BCUT2D eigenvalue weighted by atomic mass is 32.2. The standard InChI is InChI=1S/C23H30O6S/c1-4-29-16-7-5-14(6-8-16)10-15-11-17(18(28-3)9-13(15)2)23-22(27)21(26)20(25)19(12-24)30-23/h5-9,11,19-27H,4,10,12H2,1-3H3/t19?,20-,21-,22?,23+/m1/s1. The molecule has 2 aromatic rings. The summed E-state index contributed by atoms with van der Waals surface area (Å²) in [6.07, 6.45) is -3.01. The van der Waals surface area contributed by atoms with Gasteiger partial charge in [-0.15, -0.1) is 11.8 Å². The fraction of sp³-hybridized carbons (Fsp3) is 0.478. The highest BCUT2D eigenvalue weighted by molar-refractivity contribution is 8.00. The second-order valence-electron chi connectivity index (χ2n) is 7.52. The molecule has 0 aromatic heterocycles. The first-order valence-corrected chi connectivity index (χ1v) is 11.0. The van der Waals surface area contributed by atoms with Gasteiger partial charge in [-0.25, -0.2) is 0 Å². The highest BCUT2D eigenvalue weighted by Gasteiger charge is 2.44. The lowest BCUT2D eigenvalue weighted by Gasteiger charge is -2.40. The molecule has 0 bridgehead atoms. The monoisotopic (exact) mass is 434 g/mol. The molecule has 1 saturated heterocycles. The second-order valence-corrected chi connectivity index (χ2v) is 8.91. The van der Waals surface area contributed by atoms with Crippen LogP contribution in [-0.2, 0) is 6.42 Å². The minimum absolute atomic E-state index is 0.292. The van der Waals surface area contributed by atoms with Crippen LogP contribution in [0.1, 0.15) is 34.4 Å². The van der Waals surface area contributed by atoms with Gasteiger partial charge in [0.1, 0.15) is 17.6 Å². The molecule has 0 aliphatic carbocycles. The largest absolute Gasteiger partial charge is 0.496 e. The SMILES string of the molecule is CCOc1ccc(Cc2cc([C@@H]3SC(CO)[C@@H](O)[C@@H](O)C3O)c(OC)cc2C)cc1. The number of rotatable bonds is 7. The van der Waals surface area contributed by atoms with Gasteiger partial charge in [-0.05, 0) is 55.2 Å². The van der Waals surface area contributed by atoms with E-state index in [9.17, 15) is 20.4 Å². The van der Waals surface area contributed by atoms with Crippen LogP contribution in [0.25, 0.3) is 0 Å². The molecule has 0 saturated carbocycles. The quantitative estimate of drug-likeness (QED) is 0.530. The summed E-state index contributed by atoms with van der Waals surface area (Å²) in [5.41, 5.74) is 3.99. The van der Waals surface area contributed by atoms with E-state index in [-0.39, 0.29) is 6.61 Å². The fourth-order valence-corrected chi connectivity index (χ4v) is 5.22. The summed E-state index contributed by atoms with van der Waals surface area (Å²) in [6, 6.07) is 11.9. The van der Waals surface area contributed by atoms with Crippen LogP contribution >= 0.6 is 11.8 Å². The molecule has 30 heavy (non-hydrogen) atoms. The normalized spacial score (nSPS) is 26.4. The first kappa shape index (κ1) is 22.9.